The maximum absolute atomic E-state index is 12.1. The Balaban J connectivity index is 1.33. The number of nitrogens with zero attached hydrogens (tertiary/aromatic N) is 5. The highest BCUT2D eigenvalue weighted by Gasteiger charge is 2.24. The van der Waals surface area contributed by atoms with E-state index in [9.17, 15) is 4.79 Å². The summed E-state index contributed by atoms with van der Waals surface area (Å²) >= 11 is 0. The molecule has 2 aromatic heterocycles. The van der Waals surface area contributed by atoms with E-state index in [1.54, 1.807) is 10.9 Å². The summed E-state index contributed by atoms with van der Waals surface area (Å²) in [7, 11) is 0. The predicted octanol–water partition coefficient (Wildman–Crippen LogP) is 2.24. The third-order valence-corrected chi connectivity index (χ3v) is 5.72. The van der Waals surface area contributed by atoms with Gasteiger partial charge in [0, 0.05) is 31.9 Å². The highest BCUT2D eigenvalue weighted by Crippen LogP contribution is 2.25. The van der Waals surface area contributed by atoms with Gasteiger partial charge in [-0.25, -0.2) is 0 Å². The van der Waals surface area contributed by atoms with Gasteiger partial charge >= 0.3 is 0 Å². The molecule has 27 heavy (non-hydrogen) atoms. The van der Waals surface area contributed by atoms with Crippen LogP contribution in [0.1, 0.15) is 55.5 Å². The van der Waals surface area contributed by atoms with Crippen LogP contribution < -0.4 is 5.32 Å². The fourth-order valence-corrected chi connectivity index (χ4v) is 4.34. The number of amides is 1. The van der Waals surface area contributed by atoms with Gasteiger partial charge in [0.2, 0.25) is 5.91 Å². The van der Waals surface area contributed by atoms with E-state index in [0.717, 1.165) is 36.8 Å². The maximum atomic E-state index is 12.1. The zero-order chi connectivity index (χ0) is 18.6. The van der Waals surface area contributed by atoms with Gasteiger partial charge in [-0.2, -0.15) is 10.2 Å². The van der Waals surface area contributed by atoms with Crippen LogP contribution in [-0.2, 0) is 31.0 Å². The summed E-state index contributed by atoms with van der Waals surface area (Å²) in [6.45, 7) is 5.82. The first-order valence-electron chi connectivity index (χ1n) is 10.2. The second kappa shape index (κ2) is 8.25. The molecule has 1 amide bonds. The van der Waals surface area contributed by atoms with Gasteiger partial charge in [0.15, 0.2) is 0 Å². The average Bonchev–Trinajstić information content (AvgIpc) is 3.20. The molecule has 1 aliphatic heterocycles. The molecular weight excluding hydrogens is 340 g/mol. The third-order valence-electron chi connectivity index (χ3n) is 5.72. The topological polar surface area (TPSA) is 68.0 Å². The molecule has 0 saturated heterocycles. The molecule has 0 radical (unpaired) electrons. The number of fused-ring (bicyclic) bond motifs is 1. The monoisotopic (exact) mass is 370 g/mol. The second-order valence-corrected chi connectivity index (χ2v) is 7.96. The molecule has 7 nitrogen and oxygen atoms in total. The van der Waals surface area contributed by atoms with Gasteiger partial charge in [-0.15, -0.1) is 0 Å². The number of carbonyl (C=O) groups excluding carboxylic acids is 1. The van der Waals surface area contributed by atoms with Gasteiger partial charge in [-0.1, -0.05) is 19.3 Å². The van der Waals surface area contributed by atoms with Crippen molar-refractivity contribution in [3.05, 3.63) is 35.4 Å². The van der Waals surface area contributed by atoms with Crippen LogP contribution in [-0.4, -0.2) is 43.0 Å². The molecule has 1 N–H and O–H groups in total. The molecule has 7 heteroatoms. The lowest BCUT2D eigenvalue weighted by atomic mass is 9.94. The Morgan fingerprint density at radius 2 is 2.07 bits per heavy atom. The van der Waals surface area contributed by atoms with Crippen molar-refractivity contribution in [1.29, 1.82) is 0 Å². The summed E-state index contributed by atoms with van der Waals surface area (Å²) < 4.78 is 3.80. The Labute approximate surface area is 160 Å². The van der Waals surface area contributed by atoms with Crippen molar-refractivity contribution in [2.45, 2.75) is 77.7 Å². The molecule has 146 valence electrons. The minimum absolute atomic E-state index is 0.0369. The number of nitrogens with one attached hydrogen (secondary N) is 1. The summed E-state index contributed by atoms with van der Waals surface area (Å²) in [5.74, 6) is -0.0369. The minimum Gasteiger partial charge on any atom is -0.349 e. The quantitative estimate of drug-likeness (QED) is 0.876. The molecule has 1 aliphatic carbocycles. The smallest absolute Gasteiger partial charge is 0.242 e. The van der Waals surface area contributed by atoms with Crippen LogP contribution in [0.2, 0.25) is 0 Å². The number of hydrogen-bond acceptors (Lipinski definition) is 4. The number of rotatable bonds is 5. The second-order valence-electron chi connectivity index (χ2n) is 7.96. The van der Waals surface area contributed by atoms with Crippen LogP contribution in [0.5, 0.6) is 0 Å². The Kier molecular flexibility index (Phi) is 5.57. The van der Waals surface area contributed by atoms with Gasteiger partial charge < -0.3 is 5.32 Å². The summed E-state index contributed by atoms with van der Waals surface area (Å²) in [4.78, 5) is 14.8. The van der Waals surface area contributed by atoms with E-state index in [1.165, 1.54) is 44.3 Å². The van der Waals surface area contributed by atoms with Crippen LogP contribution >= 0.6 is 0 Å². The van der Waals surface area contributed by atoms with Crippen molar-refractivity contribution in [1.82, 2.24) is 29.8 Å². The van der Waals surface area contributed by atoms with Gasteiger partial charge in [0.05, 0.1) is 24.1 Å². The summed E-state index contributed by atoms with van der Waals surface area (Å²) in [5.41, 5.74) is 3.29. The lowest BCUT2D eigenvalue weighted by Crippen LogP contribution is -2.36. The largest absolute Gasteiger partial charge is 0.349 e. The Hall–Kier alpha value is -2.15. The van der Waals surface area contributed by atoms with Crippen LogP contribution in [0, 0.1) is 6.92 Å². The van der Waals surface area contributed by atoms with Gasteiger partial charge in [0.1, 0.15) is 6.54 Å². The van der Waals surface area contributed by atoms with E-state index < -0.39 is 0 Å². The molecule has 2 aromatic rings. The van der Waals surface area contributed by atoms with Crippen molar-refractivity contribution >= 4 is 5.91 Å². The highest BCUT2D eigenvalue weighted by atomic mass is 16.2. The lowest BCUT2D eigenvalue weighted by molar-refractivity contribution is -0.122. The molecule has 0 bridgehead atoms. The van der Waals surface area contributed by atoms with E-state index in [2.05, 4.69) is 26.1 Å². The summed E-state index contributed by atoms with van der Waals surface area (Å²) in [6.07, 6.45) is 11.6. The van der Waals surface area contributed by atoms with Crippen LogP contribution in [0.15, 0.2) is 18.5 Å². The molecular formula is C20H30N6O. The lowest BCUT2D eigenvalue weighted by Gasteiger charge is -2.33. The summed E-state index contributed by atoms with van der Waals surface area (Å²) in [6, 6.07) is 2.90. The number of hydrogen-bond donors (Lipinski definition) is 1. The van der Waals surface area contributed by atoms with E-state index in [1.807, 2.05) is 13.1 Å². The molecule has 0 atom stereocenters. The van der Waals surface area contributed by atoms with Crippen LogP contribution in [0.25, 0.3) is 0 Å². The van der Waals surface area contributed by atoms with E-state index >= 15 is 0 Å². The first kappa shape index (κ1) is 18.2. The molecule has 0 aromatic carbocycles. The maximum Gasteiger partial charge on any atom is 0.242 e. The first-order chi connectivity index (χ1) is 13.2. The molecule has 1 fully saturated rings. The SMILES string of the molecule is Cc1cnn(CC(=O)NCc2cc3n(n2)CCCN(C2CCCCC2)C3)c1. The zero-order valence-corrected chi connectivity index (χ0v) is 16.2. The van der Waals surface area contributed by atoms with E-state index in [0.29, 0.717) is 6.54 Å². The van der Waals surface area contributed by atoms with Crippen LogP contribution in [0.3, 0.4) is 0 Å². The third kappa shape index (κ3) is 4.58. The predicted molar refractivity (Wildman–Crippen MR) is 103 cm³/mol. The van der Waals surface area contributed by atoms with Crippen LogP contribution in [0.4, 0.5) is 0 Å². The molecule has 3 heterocycles. The first-order valence-corrected chi connectivity index (χ1v) is 10.2. The fraction of sp³-hybridized carbons (Fsp3) is 0.650. The number of aryl methyl sites for hydroxylation is 2. The zero-order valence-electron chi connectivity index (χ0n) is 16.2. The summed E-state index contributed by atoms with van der Waals surface area (Å²) in [5, 5.41) is 11.9. The average molecular weight is 371 g/mol. The van der Waals surface area contributed by atoms with Crippen molar-refractivity contribution in [3.63, 3.8) is 0 Å². The molecule has 1 saturated carbocycles. The van der Waals surface area contributed by atoms with Gasteiger partial charge in [0.25, 0.3) is 0 Å². The molecule has 4 rings (SSSR count). The van der Waals surface area contributed by atoms with E-state index in [-0.39, 0.29) is 12.5 Å². The highest BCUT2D eigenvalue weighted by molar-refractivity contribution is 5.75. The molecule has 0 unspecified atom stereocenters. The Morgan fingerprint density at radius 3 is 2.85 bits per heavy atom. The van der Waals surface area contributed by atoms with Gasteiger partial charge in [-0.05, 0) is 37.8 Å². The molecule has 0 spiro atoms. The fourth-order valence-electron chi connectivity index (χ4n) is 4.34. The Morgan fingerprint density at radius 1 is 1.22 bits per heavy atom. The minimum atomic E-state index is -0.0369. The van der Waals surface area contributed by atoms with Gasteiger partial charge in [-0.3, -0.25) is 19.1 Å². The van der Waals surface area contributed by atoms with Crippen molar-refractivity contribution in [2.75, 3.05) is 6.54 Å². The Bertz CT molecular complexity index is 773. The van der Waals surface area contributed by atoms with Crippen molar-refractivity contribution in [3.8, 4) is 0 Å². The number of aromatic nitrogens is 4. The van der Waals surface area contributed by atoms with Crippen molar-refractivity contribution < 1.29 is 4.79 Å². The van der Waals surface area contributed by atoms with E-state index in [4.69, 9.17) is 5.10 Å². The van der Waals surface area contributed by atoms with Crippen molar-refractivity contribution in [2.24, 2.45) is 0 Å². The standard InChI is InChI=1S/C20H30N6O/c1-16-11-22-25(13-16)15-20(27)21-12-17-10-19-14-24(8-5-9-26(19)23-17)18-6-3-2-4-7-18/h10-11,13,18H,2-9,12,14-15H2,1H3,(H,21,27). The molecule has 2 aliphatic rings. The normalized spacial score (nSPS) is 18.9. The number of carbonyl (C=O) groups is 1.